The molecule has 5 nitrogen and oxygen atoms in total. The molecule has 1 fully saturated rings. The topological polar surface area (TPSA) is 50.5 Å². The normalized spacial score (nSPS) is 18.4. The largest absolute Gasteiger partial charge is 0.339 e. The number of aryl methyl sites for hydroxylation is 3. The van der Waals surface area contributed by atoms with Gasteiger partial charge in [-0.05, 0) is 68.5 Å². The van der Waals surface area contributed by atoms with Crippen LogP contribution in [0.1, 0.15) is 42.3 Å². The maximum Gasteiger partial charge on any atom is 0.269 e. The Bertz CT molecular complexity index is 1060. The third-order valence-corrected chi connectivity index (χ3v) is 7.27. The summed E-state index contributed by atoms with van der Waals surface area (Å²) in [7, 11) is 0. The van der Waals surface area contributed by atoms with E-state index in [4.69, 9.17) is 9.97 Å². The zero-order valence-electron chi connectivity index (χ0n) is 14.9. The van der Waals surface area contributed by atoms with Crippen molar-refractivity contribution >= 4 is 49.1 Å². The van der Waals surface area contributed by atoms with Crippen molar-refractivity contribution in [2.75, 3.05) is 11.4 Å². The van der Waals surface area contributed by atoms with E-state index in [0.717, 1.165) is 56.2 Å². The van der Waals surface area contributed by atoms with Crippen LogP contribution in [0.5, 0.6) is 0 Å². The first-order chi connectivity index (χ1) is 11.9. The molecule has 1 unspecified atom stereocenters. The number of piperidine rings is 1. The van der Waals surface area contributed by atoms with Crippen LogP contribution < -0.4 is 10.5 Å². The lowest BCUT2D eigenvalue weighted by Crippen LogP contribution is -2.40. The van der Waals surface area contributed by atoms with E-state index in [1.807, 2.05) is 20.8 Å². The van der Waals surface area contributed by atoms with Crippen molar-refractivity contribution in [1.29, 1.82) is 0 Å². The highest BCUT2D eigenvalue weighted by Gasteiger charge is 2.26. The van der Waals surface area contributed by atoms with Crippen LogP contribution in [0.25, 0.3) is 15.9 Å². The minimum Gasteiger partial charge on any atom is -0.339 e. The van der Waals surface area contributed by atoms with Gasteiger partial charge in [0.15, 0.2) is 5.65 Å². The van der Waals surface area contributed by atoms with Gasteiger partial charge in [0.25, 0.3) is 5.56 Å². The van der Waals surface area contributed by atoms with Crippen LogP contribution in [0.4, 0.5) is 5.95 Å². The van der Waals surface area contributed by atoms with E-state index in [2.05, 4.69) is 27.8 Å². The van der Waals surface area contributed by atoms with Crippen molar-refractivity contribution in [1.82, 2.24) is 14.4 Å². The number of halogens is 1. The summed E-state index contributed by atoms with van der Waals surface area (Å²) in [6.45, 7) is 9.15. The van der Waals surface area contributed by atoms with Gasteiger partial charge in [0.05, 0.1) is 15.6 Å². The van der Waals surface area contributed by atoms with Crippen LogP contribution in [0.3, 0.4) is 0 Å². The summed E-state index contributed by atoms with van der Waals surface area (Å²) in [4.78, 5) is 27.2. The molecule has 25 heavy (non-hydrogen) atoms. The van der Waals surface area contributed by atoms with Crippen molar-refractivity contribution in [3.8, 4) is 0 Å². The number of hydrogen-bond donors (Lipinski definition) is 0. The third-order valence-electron chi connectivity index (χ3n) is 5.24. The molecular formula is C18H21BrN4OS. The molecule has 1 aliphatic heterocycles. The monoisotopic (exact) mass is 420 g/mol. The van der Waals surface area contributed by atoms with Crippen LogP contribution in [0.2, 0.25) is 0 Å². The second-order valence-corrected chi connectivity index (χ2v) is 8.88. The van der Waals surface area contributed by atoms with E-state index >= 15 is 0 Å². The standard InChI is InChI=1S/C18H21BrN4OS/c1-9-7-5-6-8-22(9)18-20-11(3)14(19)15-21-16-13(17(24)23(15)18)10(2)12(4)25-16/h9H,5-8H2,1-4H3. The van der Waals surface area contributed by atoms with Gasteiger partial charge in [0.1, 0.15) is 4.83 Å². The molecule has 132 valence electrons. The first-order valence-corrected chi connectivity index (χ1v) is 10.3. The SMILES string of the molecule is Cc1nc(N2CCCCC2C)n2c(=O)c3c(C)c(C)sc3nc2c1Br. The molecule has 0 aliphatic carbocycles. The minimum atomic E-state index is -0.0113. The number of aromatic nitrogens is 3. The lowest BCUT2D eigenvalue weighted by atomic mass is 10.0. The zero-order valence-corrected chi connectivity index (χ0v) is 17.3. The van der Waals surface area contributed by atoms with E-state index in [0.29, 0.717) is 11.7 Å². The van der Waals surface area contributed by atoms with Crippen LogP contribution in [-0.4, -0.2) is 27.0 Å². The molecule has 4 heterocycles. The second-order valence-electron chi connectivity index (χ2n) is 6.89. The Hall–Kier alpha value is -1.47. The molecule has 1 aliphatic rings. The predicted molar refractivity (Wildman–Crippen MR) is 107 cm³/mol. The Morgan fingerprint density at radius 1 is 1.20 bits per heavy atom. The third kappa shape index (κ3) is 2.51. The Kier molecular flexibility index (Phi) is 4.11. The van der Waals surface area contributed by atoms with Gasteiger partial charge in [-0.15, -0.1) is 11.3 Å². The quantitative estimate of drug-likeness (QED) is 0.586. The van der Waals surface area contributed by atoms with Gasteiger partial charge in [-0.1, -0.05) is 0 Å². The van der Waals surface area contributed by atoms with E-state index in [9.17, 15) is 4.79 Å². The molecule has 0 saturated carbocycles. The molecule has 0 aromatic carbocycles. The first-order valence-electron chi connectivity index (χ1n) is 8.65. The summed E-state index contributed by atoms with van der Waals surface area (Å²) in [6, 6.07) is 0.373. The molecule has 1 saturated heterocycles. The summed E-state index contributed by atoms with van der Waals surface area (Å²) in [5.74, 6) is 0.727. The van der Waals surface area contributed by atoms with Gasteiger partial charge < -0.3 is 4.90 Å². The highest BCUT2D eigenvalue weighted by atomic mass is 79.9. The fraction of sp³-hybridized carbons (Fsp3) is 0.500. The molecule has 1 atom stereocenters. The van der Waals surface area contributed by atoms with Gasteiger partial charge >= 0.3 is 0 Å². The number of anilines is 1. The Morgan fingerprint density at radius 2 is 1.96 bits per heavy atom. The molecule has 0 radical (unpaired) electrons. The lowest BCUT2D eigenvalue weighted by molar-refractivity contribution is 0.474. The van der Waals surface area contributed by atoms with Gasteiger partial charge in [-0.3, -0.25) is 4.79 Å². The maximum absolute atomic E-state index is 13.4. The smallest absolute Gasteiger partial charge is 0.269 e. The van der Waals surface area contributed by atoms with Crippen LogP contribution in [-0.2, 0) is 0 Å². The van der Waals surface area contributed by atoms with E-state index in [1.165, 1.54) is 6.42 Å². The average Bonchev–Trinajstić information content (AvgIpc) is 2.86. The lowest BCUT2D eigenvalue weighted by Gasteiger charge is -2.34. The molecule has 0 spiro atoms. The van der Waals surface area contributed by atoms with Gasteiger partial charge in [-0.25, -0.2) is 14.4 Å². The molecule has 4 rings (SSSR count). The zero-order chi connectivity index (χ0) is 17.9. The summed E-state index contributed by atoms with van der Waals surface area (Å²) in [5, 5.41) is 0.725. The average molecular weight is 421 g/mol. The Labute approximate surface area is 158 Å². The summed E-state index contributed by atoms with van der Waals surface area (Å²) >= 11 is 5.19. The van der Waals surface area contributed by atoms with E-state index in [-0.39, 0.29) is 5.56 Å². The summed E-state index contributed by atoms with van der Waals surface area (Å²) < 4.78 is 2.50. The summed E-state index contributed by atoms with van der Waals surface area (Å²) in [6.07, 6.45) is 3.48. The summed E-state index contributed by atoms with van der Waals surface area (Å²) in [5.41, 5.74) is 2.55. The number of fused-ring (bicyclic) bond motifs is 2. The molecule has 0 amide bonds. The number of rotatable bonds is 1. The highest BCUT2D eigenvalue weighted by molar-refractivity contribution is 9.10. The molecule has 3 aromatic heterocycles. The van der Waals surface area contributed by atoms with Crippen molar-refractivity contribution in [3.63, 3.8) is 0 Å². The van der Waals surface area contributed by atoms with Gasteiger partial charge in [0, 0.05) is 17.5 Å². The van der Waals surface area contributed by atoms with Crippen molar-refractivity contribution in [2.24, 2.45) is 0 Å². The second kappa shape index (κ2) is 6.06. The van der Waals surface area contributed by atoms with E-state index in [1.54, 1.807) is 15.7 Å². The molecule has 3 aromatic rings. The molecule has 0 bridgehead atoms. The maximum atomic E-state index is 13.4. The van der Waals surface area contributed by atoms with Crippen molar-refractivity contribution < 1.29 is 0 Å². The molecular weight excluding hydrogens is 400 g/mol. The predicted octanol–water partition coefficient (Wildman–Crippen LogP) is 4.37. The highest BCUT2D eigenvalue weighted by Crippen LogP contribution is 2.31. The van der Waals surface area contributed by atoms with Crippen LogP contribution in [0.15, 0.2) is 9.27 Å². The van der Waals surface area contributed by atoms with E-state index < -0.39 is 0 Å². The van der Waals surface area contributed by atoms with Crippen molar-refractivity contribution in [2.45, 2.75) is 53.0 Å². The van der Waals surface area contributed by atoms with Gasteiger partial charge in [-0.2, -0.15) is 0 Å². The fourth-order valence-electron chi connectivity index (χ4n) is 3.63. The number of thiophene rings is 1. The molecule has 0 N–H and O–H groups in total. The number of hydrogen-bond acceptors (Lipinski definition) is 5. The number of nitrogens with zero attached hydrogens (tertiary/aromatic N) is 4. The first kappa shape index (κ1) is 17.0. The van der Waals surface area contributed by atoms with Crippen LogP contribution in [0, 0.1) is 20.8 Å². The Balaban J connectivity index is 2.14. The van der Waals surface area contributed by atoms with Crippen LogP contribution >= 0.6 is 27.3 Å². The Morgan fingerprint density at radius 3 is 2.68 bits per heavy atom. The minimum absolute atomic E-state index is 0.0113. The van der Waals surface area contributed by atoms with Gasteiger partial charge in [0.2, 0.25) is 5.95 Å². The van der Waals surface area contributed by atoms with Crippen molar-refractivity contribution in [3.05, 3.63) is 31.0 Å². The molecule has 7 heteroatoms. The fourth-order valence-corrected chi connectivity index (χ4v) is 5.00.